The number of pyridine rings is 1. The Balaban J connectivity index is 0.00000274. The van der Waals surface area contributed by atoms with Gasteiger partial charge in [-0.2, -0.15) is 0 Å². The number of aryl methyl sites for hydroxylation is 2. The molecule has 5 rings (SSSR count). The van der Waals surface area contributed by atoms with Gasteiger partial charge < -0.3 is 14.4 Å². The minimum Gasteiger partial charge on any atom is -0.353 e. The number of rotatable bonds is 5. The van der Waals surface area contributed by atoms with Crippen molar-refractivity contribution in [3.8, 4) is 11.3 Å². The van der Waals surface area contributed by atoms with Crippen LogP contribution < -0.4 is 4.90 Å². The minimum absolute atomic E-state index is 0. The van der Waals surface area contributed by atoms with Gasteiger partial charge in [-0.05, 0) is 30.2 Å². The smallest absolute Gasteiger partial charge is 0.256 e. The van der Waals surface area contributed by atoms with Crippen molar-refractivity contribution in [2.24, 2.45) is 0 Å². The second kappa shape index (κ2) is 10.3. The van der Waals surface area contributed by atoms with Crippen molar-refractivity contribution >= 4 is 35.0 Å². The molecule has 176 valence electrons. The first kappa shape index (κ1) is 23.8. The number of anilines is 1. The molecule has 7 heteroatoms. The Morgan fingerprint density at radius 1 is 0.941 bits per heavy atom. The van der Waals surface area contributed by atoms with E-state index in [9.17, 15) is 9.18 Å². The number of hydrogen-bond acceptors (Lipinski definition) is 3. The quantitative estimate of drug-likeness (QED) is 0.387. The van der Waals surface area contributed by atoms with Gasteiger partial charge in [-0.1, -0.05) is 54.6 Å². The number of amides is 1. The molecule has 1 aliphatic heterocycles. The molecule has 1 amide bonds. The summed E-state index contributed by atoms with van der Waals surface area (Å²) in [6, 6.07) is 21.7. The number of para-hydroxylation sites is 1. The predicted molar refractivity (Wildman–Crippen MR) is 138 cm³/mol. The van der Waals surface area contributed by atoms with Gasteiger partial charge in [-0.25, -0.2) is 9.37 Å². The number of alkyl halides is 1. The zero-order chi connectivity index (χ0) is 22.8. The number of benzene rings is 2. The molecule has 34 heavy (non-hydrogen) atoms. The van der Waals surface area contributed by atoms with E-state index in [1.54, 1.807) is 0 Å². The second-order valence-electron chi connectivity index (χ2n) is 8.42. The number of carbonyl (C=O) groups excluding carboxylic acids is 1. The molecule has 1 fully saturated rings. The number of hydrogen-bond donors (Lipinski definition) is 0. The van der Waals surface area contributed by atoms with Crippen LogP contribution in [0.2, 0.25) is 0 Å². The van der Waals surface area contributed by atoms with Crippen LogP contribution >= 0.6 is 12.4 Å². The lowest BCUT2D eigenvalue weighted by molar-refractivity contribution is 0.0749. The third kappa shape index (κ3) is 4.38. The van der Waals surface area contributed by atoms with Gasteiger partial charge in [0, 0.05) is 43.3 Å². The average molecular weight is 479 g/mol. The van der Waals surface area contributed by atoms with Gasteiger partial charge >= 0.3 is 0 Å². The maximum atomic E-state index is 13.9. The molecule has 0 aliphatic carbocycles. The first-order valence-corrected chi connectivity index (χ1v) is 11.4. The lowest BCUT2D eigenvalue weighted by atomic mass is 10.0. The molecule has 5 nitrogen and oxygen atoms in total. The summed E-state index contributed by atoms with van der Waals surface area (Å²) in [7, 11) is 0. The van der Waals surface area contributed by atoms with Gasteiger partial charge in [0.05, 0.1) is 17.8 Å². The van der Waals surface area contributed by atoms with Crippen molar-refractivity contribution in [3.63, 3.8) is 0 Å². The molecule has 1 aliphatic rings. The molecule has 2 aromatic carbocycles. The van der Waals surface area contributed by atoms with E-state index in [-0.39, 0.29) is 24.9 Å². The lowest BCUT2D eigenvalue weighted by Gasteiger charge is -2.35. The van der Waals surface area contributed by atoms with Crippen molar-refractivity contribution in [1.82, 2.24) is 14.5 Å². The first-order chi connectivity index (χ1) is 16.2. The summed E-state index contributed by atoms with van der Waals surface area (Å²) in [5, 5.41) is 0.873. The van der Waals surface area contributed by atoms with E-state index < -0.39 is 6.67 Å². The highest BCUT2D eigenvalue weighted by atomic mass is 35.5. The molecule has 1 saturated heterocycles. The number of piperazine rings is 1. The number of nitrogens with zero attached hydrogens (tertiary/aromatic N) is 4. The van der Waals surface area contributed by atoms with Crippen LogP contribution in [0.5, 0.6) is 0 Å². The third-order valence-electron chi connectivity index (χ3n) is 6.33. The molecule has 0 radical (unpaired) electrons. The van der Waals surface area contributed by atoms with Crippen molar-refractivity contribution in [2.75, 3.05) is 37.8 Å². The summed E-state index contributed by atoms with van der Waals surface area (Å²) in [6.45, 7) is 4.43. The average Bonchev–Trinajstić information content (AvgIpc) is 3.19. The molecular formula is C27H28ClFN4O. The van der Waals surface area contributed by atoms with Gasteiger partial charge in [0.1, 0.15) is 12.5 Å². The topological polar surface area (TPSA) is 41.4 Å². The summed E-state index contributed by atoms with van der Waals surface area (Å²) in [4.78, 5) is 22.6. The third-order valence-corrected chi connectivity index (χ3v) is 6.33. The predicted octanol–water partition coefficient (Wildman–Crippen LogP) is 5.37. The summed E-state index contributed by atoms with van der Waals surface area (Å²) in [5.74, 6) is 0.941. The number of carbonyl (C=O) groups is 1. The summed E-state index contributed by atoms with van der Waals surface area (Å²) in [5.41, 5.74) is 4.40. The van der Waals surface area contributed by atoms with E-state index in [1.165, 1.54) is 0 Å². The summed E-state index contributed by atoms with van der Waals surface area (Å²) < 4.78 is 15.5. The normalized spacial score (nSPS) is 13.7. The lowest BCUT2D eigenvalue weighted by Crippen LogP contribution is -2.49. The molecule has 0 unspecified atom stereocenters. The molecule has 3 heterocycles. The van der Waals surface area contributed by atoms with Crippen LogP contribution in [0.4, 0.5) is 10.2 Å². The monoisotopic (exact) mass is 478 g/mol. The van der Waals surface area contributed by atoms with E-state index in [0.29, 0.717) is 18.7 Å². The fourth-order valence-electron chi connectivity index (χ4n) is 4.68. The molecule has 0 atom stereocenters. The van der Waals surface area contributed by atoms with Gasteiger partial charge in [-0.3, -0.25) is 4.79 Å². The Hall–Kier alpha value is -3.38. The van der Waals surface area contributed by atoms with Crippen molar-refractivity contribution < 1.29 is 9.18 Å². The van der Waals surface area contributed by atoms with Crippen molar-refractivity contribution in [1.29, 1.82) is 0 Å². The maximum Gasteiger partial charge on any atom is 0.256 e. The highest BCUT2D eigenvalue weighted by Crippen LogP contribution is 2.35. The largest absolute Gasteiger partial charge is 0.353 e. The van der Waals surface area contributed by atoms with Crippen LogP contribution in [-0.2, 0) is 6.54 Å². The van der Waals surface area contributed by atoms with Crippen molar-refractivity contribution in [2.45, 2.75) is 13.5 Å². The Bertz CT molecular complexity index is 1270. The molecule has 4 aromatic rings. The highest BCUT2D eigenvalue weighted by Gasteiger charge is 2.29. The molecule has 2 aromatic heterocycles. The van der Waals surface area contributed by atoms with Crippen LogP contribution in [0.3, 0.4) is 0 Å². The first-order valence-electron chi connectivity index (χ1n) is 11.4. The zero-order valence-electron chi connectivity index (χ0n) is 19.2. The van der Waals surface area contributed by atoms with Crippen LogP contribution in [0.1, 0.15) is 15.9 Å². The molecule has 0 spiro atoms. The molecule has 0 bridgehead atoms. The van der Waals surface area contributed by atoms with E-state index in [1.807, 2.05) is 83.3 Å². The van der Waals surface area contributed by atoms with Crippen molar-refractivity contribution in [3.05, 3.63) is 84.1 Å². The van der Waals surface area contributed by atoms with Crippen LogP contribution in [0.25, 0.3) is 22.2 Å². The van der Waals surface area contributed by atoms with Gasteiger partial charge in [0.15, 0.2) is 0 Å². The Morgan fingerprint density at radius 2 is 1.65 bits per heavy atom. The van der Waals surface area contributed by atoms with Gasteiger partial charge in [0.2, 0.25) is 0 Å². The summed E-state index contributed by atoms with van der Waals surface area (Å²) >= 11 is 0. The van der Waals surface area contributed by atoms with Crippen LogP contribution in [0.15, 0.2) is 72.9 Å². The van der Waals surface area contributed by atoms with Crippen LogP contribution in [-0.4, -0.2) is 53.2 Å². The Labute approximate surface area is 205 Å². The van der Waals surface area contributed by atoms with Gasteiger partial charge in [0.25, 0.3) is 5.91 Å². The zero-order valence-corrected chi connectivity index (χ0v) is 20.0. The SMILES string of the molecule is Cc1ccc(N2CCN(C(=O)c3c(-c4ccccc4)n(CCF)c4ccccc34)CC2)nc1.Cl. The molecule has 0 saturated carbocycles. The van der Waals surface area contributed by atoms with E-state index in [0.717, 1.165) is 46.6 Å². The Morgan fingerprint density at radius 3 is 2.32 bits per heavy atom. The van der Waals surface area contributed by atoms with E-state index in [4.69, 9.17) is 0 Å². The van der Waals surface area contributed by atoms with E-state index in [2.05, 4.69) is 16.0 Å². The molecule has 0 N–H and O–H groups in total. The van der Waals surface area contributed by atoms with Gasteiger partial charge in [-0.15, -0.1) is 12.4 Å². The number of aromatic nitrogens is 2. The minimum atomic E-state index is -0.492. The standard InChI is InChI=1S/C27H27FN4O.ClH/c1-20-11-12-24(29-19-20)30-15-17-31(18-16-30)27(33)25-22-9-5-6-10-23(22)32(14-13-28)26(25)21-7-3-2-4-8-21;/h2-12,19H,13-18H2,1H3;1H. The number of fused-ring (bicyclic) bond motifs is 1. The fourth-order valence-corrected chi connectivity index (χ4v) is 4.68. The van der Waals surface area contributed by atoms with E-state index >= 15 is 0 Å². The maximum absolute atomic E-state index is 13.9. The summed E-state index contributed by atoms with van der Waals surface area (Å²) in [6.07, 6.45) is 1.87. The fraction of sp³-hybridized carbons (Fsp3) is 0.259. The van der Waals surface area contributed by atoms with Crippen LogP contribution in [0, 0.1) is 6.92 Å². The highest BCUT2D eigenvalue weighted by molar-refractivity contribution is 6.12. The second-order valence-corrected chi connectivity index (χ2v) is 8.42. The number of halogens is 2. The molecular weight excluding hydrogens is 451 g/mol. The Kier molecular flexibility index (Phi) is 7.17.